The summed E-state index contributed by atoms with van der Waals surface area (Å²) in [5, 5.41) is 2.45. The minimum absolute atomic E-state index is 0.0535. The van der Waals surface area contributed by atoms with Crippen LogP contribution in [0.1, 0.15) is 10.4 Å². The molecule has 1 saturated heterocycles. The predicted molar refractivity (Wildman–Crippen MR) is 85.9 cm³/mol. The molecule has 1 fully saturated rings. The Balaban J connectivity index is 2.03. The zero-order valence-electron chi connectivity index (χ0n) is 13.0. The van der Waals surface area contributed by atoms with Crippen LogP contribution in [0.25, 0.3) is 0 Å². The van der Waals surface area contributed by atoms with Crippen LogP contribution in [0, 0.1) is 12.3 Å². The highest BCUT2D eigenvalue weighted by Gasteiger charge is 2.27. The highest BCUT2D eigenvalue weighted by Crippen LogP contribution is 2.12. The highest BCUT2D eigenvalue weighted by molar-refractivity contribution is 7.89. The number of esters is 1. The van der Waals surface area contributed by atoms with Gasteiger partial charge in [-0.25, -0.2) is 18.0 Å². The average molecular weight is 365 g/mol. The lowest BCUT2D eigenvalue weighted by Gasteiger charge is -2.12. The number of hydrogen-bond acceptors (Lipinski definition) is 6. The van der Waals surface area contributed by atoms with Crippen LogP contribution in [0.15, 0.2) is 29.2 Å². The Morgan fingerprint density at radius 3 is 2.80 bits per heavy atom. The molecule has 0 aromatic heterocycles. The second-order valence-electron chi connectivity index (χ2n) is 4.91. The predicted octanol–water partition coefficient (Wildman–Crippen LogP) is -0.693. The maximum absolute atomic E-state index is 12.0. The molecule has 0 unspecified atom stereocenters. The van der Waals surface area contributed by atoms with Crippen LogP contribution in [-0.4, -0.2) is 57.5 Å². The molecule has 1 heterocycles. The first-order valence-corrected chi connectivity index (χ1v) is 8.62. The molecule has 1 aliphatic heterocycles. The molecule has 9 nitrogen and oxygen atoms in total. The van der Waals surface area contributed by atoms with Gasteiger partial charge in [-0.3, -0.25) is 9.69 Å². The Morgan fingerprint density at radius 2 is 2.16 bits per heavy atom. The molecule has 1 aromatic rings. The first-order chi connectivity index (χ1) is 11.8. The number of imide groups is 1. The van der Waals surface area contributed by atoms with Crippen molar-refractivity contribution in [3.63, 3.8) is 0 Å². The van der Waals surface area contributed by atoms with Crippen LogP contribution in [0.2, 0.25) is 0 Å². The Labute approximate surface area is 144 Å². The van der Waals surface area contributed by atoms with Crippen LogP contribution in [0.5, 0.6) is 0 Å². The lowest BCUT2D eigenvalue weighted by atomic mass is 10.2. The van der Waals surface area contributed by atoms with Crippen molar-refractivity contribution in [3.8, 4) is 12.3 Å². The number of nitrogens with zero attached hydrogens (tertiary/aromatic N) is 1. The summed E-state index contributed by atoms with van der Waals surface area (Å²) >= 11 is 0. The fourth-order valence-corrected chi connectivity index (χ4v) is 2.99. The van der Waals surface area contributed by atoms with E-state index in [9.17, 15) is 22.8 Å². The van der Waals surface area contributed by atoms with Crippen LogP contribution in [0.3, 0.4) is 0 Å². The van der Waals surface area contributed by atoms with Gasteiger partial charge in [-0.2, -0.15) is 4.72 Å². The summed E-state index contributed by atoms with van der Waals surface area (Å²) in [5.41, 5.74) is -0.0535. The number of ether oxygens (including phenoxy) is 1. The Morgan fingerprint density at radius 1 is 1.40 bits per heavy atom. The first-order valence-electron chi connectivity index (χ1n) is 7.13. The van der Waals surface area contributed by atoms with E-state index < -0.39 is 34.5 Å². The van der Waals surface area contributed by atoms with Gasteiger partial charge in [0.1, 0.15) is 0 Å². The highest BCUT2D eigenvalue weighted by atomic mass is 32.2. The topological polar surface area (TPSA) is 122 Å². The number of carbonyl (C=O) groups excluding carboxylic acids is 3. The van der Waals surface area contributed by atoms with E-state index in [4.69, 9.17) is 11.2 Å². The summed E-state index contributed by atoms with van der Waals surface area (Å²) in [5.74, 6) is 0.586. The summed E-state index contributed by atoms with van der Waals surface area (Å²) in [6, 6.07) is 4.55. The molecule has 0 atom stereocenters. The van der Waals surface area contributed by atoms with Gasteiger partial charge in [-0.15, -0.1) is 6.42 Å². The number of benzene rings is 1. The molecular weight excluding hydrogens is 350 g/mol. The number of amides is 3. The van der Waals surface area contributed by atoms with Crippen LogP contribution in [0.4, 0.5) is 4.79 Å². The number of sulfonamides is 1. The fraction of sp³-hybridized carbons (Fsp3) is 0.267. The molecule has 1 aliphatic rings. The maximum atomic E-state index is 12.0. The molecule has 0 spiro atoms. The van der Waals surface area contributed by atoms with Gasteiger partial charge in [0.2, 0.25) is 10.0 Å². The minimum Gasteiger partial charge on any atom is -0.452 e. The second kappa shape index (κ2) is 7.78. The molecule has 0 bridgehead atoms. The molecule has 0 saturated carbocycles. The van der Waals surface area contributed by atoms with E-state index >= 15 is 0 Å². The number of urea groups is 1. The lowest BCUT2D eigenvalue weighted by Crippen LogP contribution is -2.37. The SMILES string of the molecule is C#CCNS(=O)(=O)c1cccc(C(=O)OCC(=O)N2CCNC2=O)c1. The summed E-state index contributed by atoms with van der Waals surface area (Å²) in [6.07, 6.45) is 5.01. The van der Waals surface area contributed by atoms with Crippen LogP contribution in [-0.2, 0) is 19.6 Å². The Bertz CT molecular complexity index is 843. The van der Waals surface area contributed by atoms with E-state index in [0.717, 1.165) is 11.0 Å². The molecule has 3 amide bonds. The van der Waals surface area contributed by atoms with Gasteiger partial charge in [0.15, 0.2) is 6.61 Å². The van der Waals surface area contributed by atoms with E-state index in [1.54, 1.807) is 0 Å². The number of rotatable bonds is 6. The van der Waals surface area contributed by atoms with Gasteiger partial charge in [0.25, 0.3) is 5.91 Å². The molecule has 2 rings (SSSR count). The summed E-state index contributed by atoms with van der Waals surface area (Å²) < 4.78 is 31.0. The van der Waals surface area contributed by atoms with Gasteiger partial charge >= 0.3 is 12.0 Å². The van der Waals surface area contributed by atoms with E-state index in [1.165, 1.54) is 18.2 Å². The van der Waals surface area contributed by atoms with Crippen LogP contribution < -0.4 is 10.0 Å². The van der Waals surface area contributed by atoms with Crippen molar-refractivity contribution >= 4 is 27.9 Å². The third kappa shape index (κ3) is 4.56. The third-order valence-electron chi connectivity index (χ3n) is 3.23. The smallest absolute Gasteiger partial charge is 0.338 e. The van der Waals surface area contributed by atoms with Gasteiger partial charge in [0.05, 0.1) is 17.0 Å². The van der Waals surface area contributed by atoms with Gasteiger partial charge in [-0.1, -0.05) is 12.0 Å². The summed E-state index contributed by atoms with van der Waals surface area (Å²) in [4.78, 5) is 35.9. The molecule has 10 heteroatoms. The average Bonchev–Trinajstić information content (AvgIpc) is 3.04. The minimum atomic E-state index is -3.86. The lowest BCUT2D eigenvalue weighted by molar-refractivity contribution is -0.130. The van der Waals surface area contributed by atoms with Gasteiger partial charge in [0, 0.05) is 13.1 Å². The fourth-order valence-electron chi connectivity index (χ4n) is 2.01. The molecular formula is C15H15N3O6S. The van der Waals surface area contributed by atoms with Crippen LogP contribution >= 0.6 is 0 Å². The molecule has 25 heavy (non-hydrogen) atoms. The number of carbonyl (C=O) groups is 3. The molecule has 132 valence electrons. The van der Waals surface area contributed by atoms with Crippen molar-refractivity contribution in [2.75, 3.05) is 26.2 Å². The van der Waals surface area contributed by atoms with E-state index in [-0.39, 0.29) is 23.5 Å². The number of terminal acetylenes is 1. The summed E-state index contributed by atoms with van der Waals surface area (Å²) in [6.45, 7) is -0.283. The summed E-state index contributed by atoms with van der Waals surface area (Å²) in [7, 11) is -3.86. The second-order valence-corrected chi connectivity index (χ2v) is 6.68. The molecule has 0 radical (unpaired) electrons. The number of hydrogen-bond donors (Lipinski definition) is 2. The van der Waals surface area contributed by atoms with E-state index in [1.807, 2.05) is 0 Å². The maximum Gasteiger partial charge on any atom is 0.338 e. The first kappa shape index (κ1) is 18.4. The monoisotopic (exact) mass is 365 g/mol. The largest absolute Gasteiger partial charge is 0.452 e. The molecule has 0 aliphatic carbocycles. The standard InChI is InChI=1S/C15H15N3O6S/c1-2-6-17-25(22,23)12-5-3-4-11(9-12)14(20)24-10-13(19)18-8-7-16-15(18)21/h1,3-5,9,17H,6-8,10H2,(H,16,21). The van der Waals surface area contributed by atoms with Gasteiger partial charge < -0.3 is 10.1 Å². The quantitative estimate of drug-likeness (QED) is 0.508. The van der Waals surface area contributed by atoms with E-state index in [2.05, 4.69) is 16.0 Å². The van der Waals surface area contributed by atoms with Gasteiger partial charge in [-0.05, 0) is 18.2 Å². The zero-order chi connectivity index (χ0) is 18.4. The van der Waals surface area contributed by atoms with Crippen molar-refractivity contribution in [2.45, 2.75) is 4.90 Å². The van der Waals surface area contributed by atoms with Crippen molar-refractivity contribution in [1.29, 1.82) is 0 Å². The Hall–Kier alpha value is -2.90. The third-order valence-corrected chi connectivity index (χ3v) is 4.63. The van der Waals surface area contributed by atoms with Crippen molar-refractivity contribution in [2.24, 2.45) is 0 Å². The zero-order valence-corrected chi connectivity index (χ0v) is 13.8. The van der Waals surface area contributed by atoms with Crippen molar-refractivity contribution in [1.82, 2.24) is 14.9 Å². The van der Waals surface area contributed by atoms with Crippen molar-refractivity contribution in [3.05, 3.63) is 29.8 Å². The molecule has 2 N–H and O–H groups in total. The Kier molecular flexibility index (Phi) is 5.74. The number of nitrogens with one attached hydrogen (secondary N) is 2. The molecule has 1 aromatic carbocycles. The van der Waals surface area contributed by atoms with Crippen molar-refractivity contribution < 1.29 is 27.5 Å². The van der Waals surface area contributed by atoms with E-state index in [0.29, 0.717) is 6.54 Å². The normalized spacial score (nSPS) is 13.9.